The number of rotatable bonds is 5. The molecule has 1 saturated heterocycles. The van der Waals surface area contributed by atoms with Gasteiger partial charge in [-0.1, -0.05) is 35.5 Å². The zero-order chi connectivity index (χ0) is 21.9. The van der Waals surface area contributed by atoms with Gasteiger partial charge in [0.1, 0.15) is 6.04 Å². The molecule has 0 spiro atoms. The first-order chi connectivity index (χ1) is 14.1. The molecule has 1 aliphatic heterocycles. The van der Waals surface area contributed by atoms with Crippen molar-refractivity contribution in [3.05, 3.63) is 42.1 Å². The number of hydrogen-bond donors (Lipinski definition) is 1. The van der Waals surface area contributed by atoms with Crippen LogP contribution in [0.4, 0.5) is 26.3 Å². The van der Waals surface area contributed by atoms with Gasteiger partial charge in [0.15, 0.2) is 5.76 Å². The van der Waals surface area contributed by atoms with Crippen molar-refractivity contribution in [2.75, 3.05) is 19.6 Å². The molecule has 6 nitrogen and oxygen atoms in total. The van der Waals surface area contributed by atoms with Gasteiger partial charge in [0.05, 0.1) is 5.69 Å². The standard InChI is InChI=1S/C18H17F6N3O3/c19-17(20,21)16(18(22,23)24)29-15(28)13-9-25-6-7-27(13)10-12-8-14(30-26-12)11-4-2-1-3-5-11/h1-5,8,13,16,25H,6-7,9-10H2. The van der Waals surface area contributed by atoms with Gasteiger partial charge < -0.3 is 14.6 Å². The van der Waals surface area contributed by atoms with E-state index in [1.165, 1.54) is 4.90 Å². The summed E-state index contributed by atoms with van der Waals surface area (Å²) in [6, 6.07) is 9.20. The molecule has 164 valence electrons. The summed E-state index contributed by atoms with van der Waals surface area (Å²) in [5.41, 5.74) is 1.11. The zero-order valence-electron chi connectivity index (χ0n) is 15.3. The number of halogens is 6. The van der Waals surface area contributed by atoms with Crippen molar-refractivity contribution in [3.63, 3.8) is 0 Å². The van der Waals surface area contributed by atoms with Gasteiger partial charge in [0.25, 0.3) is 6.10 Å². The molecule has 0 saturated carbocycles. The zero-order valence-corrected chi connectivity index (χ0v) is 15.3. The lowest BCUT2D eigenvalue weighted by Crippen LogP contribution is -2.57. The number of nitrogens with zero attached hydrogens (tertiary/aromatic N) is 2. The smallest absolute Gasteiger partial charge is 0.434 e. The third-order valence-corrected chi connectivity index (χ3v) is 4.44. The average Bonchev–Trinajstić information content (AvgIpc) is 3.14. The van der Waals surface area contributed by atoms with Crippen LogP contribution >= 0.6 is 0 Å². The highest BCUT2D eigenvalue weighted by Gasteiger charge is 2.60. The third kappa shape index (κ3) is 5.30. The van der Waals surface area contributed by atoms with E-state index < -0.39 is 30.5 Å². The second-order valence-corrected chi connectivity index (χ2v) is 6.64. The molecule has 1 N–H and O–H groups in total. The van der Waals surface area contributed by atoms with Gasteiger partial charge in [-0.25, -0.2) is 0 Å². The van der Waals surface area contributed by atoms with E-state index in [2.05, 4.69) is 15.2 Å². The van der Waals surface area contributed by atoms with Crippen LogP contribution < -0.4 is 5.32 Å². The molecule has 1 unspecified atom stereocenters. The minimum absolute atomic E-state index is 0.0134. The van der Waals surface area contributed by atoms with Crippen LogP contribution in [0.15, 0.2) is 40.9 Å². The second kappa shape index (κ2) is 8.64. The normalized spacial score (nSPS) is 18.6. The Morgan fingerprint density at radius 1 is 1.20 bits per heavy atom. The number of esters is 1. The molecule has 12 heteroatoms. The molecule has 1 aromatic heterocycles. The summed E-state index contributed by atoms with van der Waals surface area (Å²) in [7, 11) is 0. The summed E-state index contributed by atoms with van der Waals surface area (Å²) < 4.78 is 85.3. The second-order valence-electron chi connectivity index (χ2n) is 6.64. The molecule has 1 aliphatic rings. The topological polar surface area (TPSA) is 67.6 Å². The van der Waals surface area contributed by atoms with Gasteiger partial charge in [0.2, 0.25) is 0 Å². The Kier molecular flexibility index (Phi) is 6.36. The van der Waals surface area contributed by atoms with E-state index in [1.54, 1.807) is 30.3 Å². The third-order valence-electron chi connectivity index (χ3n) is 4.44. The van der Waals surface area contributed by atoms with E-state index >= 15 is 0 Å². The van der Waals surface area contributed by atoms with E-state index in [4.69, 9.17) is 4.52 Å². The summed E-state index contributed by atoms with van der Waals surface area (Å²) in [5, 5.41) is 6.64. The number of hydrogen-bond acceptors (Lipinski definition) is 6. The van der Waals surface area contributed by atoms with Crippen molar-refractivity contribution in [2.45, 2.75) is 31.0 Å². The van der Waals surface area contributed by atoms with Crippen molar-refractivity contribution in [3.8, 4) is 11.3 Å². The van der Waals surface area contributed by atoms with E-state index in [-0.39, 0.29) is 19.6 Å². The Bertz CT molecular complexity index is 839. The number of carbonyl (C=O) groups excluding carboxylic acids is 1. The van der Waals surface area contributed by atoms with Crippen LogP contribution in [-0.2, 0) is 16.1 Å². The lowest BCUT2D eigenvalue weighted by atomic mass is 10.1. The monoisotopic (exact) mass is 437 g/mol. The largest absolute Gasteiger partial charge is 0.442 e. The molecule has 2 aromatic rings. The van der Waals surface area contributed by atoms with Gasteiger partial charge >= 0.3 is 18.3 Å². The summed E-state index contributed by atoms with van der Waals surface area (Å²) in [4.78, 5) is 13.6. The maximum absolute atomic E-state index is 12.7. The molecule has 0 aliphatic carbocycles. The van der Waals surface area contributed by atoms with Gasteiger partial charge in [-0.15, -0.1) is 0 Å². The van der Waals surface area contributed by atoms with Crippen LogP contribution in [0.1, 0.15) is 5.69 Å². The maximum atomic E-state index is 12.7. The Hall–Kier alpha value is -2.60. The molecular weight excluding hydrogens is 420 g/mol. The van der Waals surface area contributed by atoms with Crippen LogP contribution in [0.3, 0.4) is 0 Å². The Morgan fingerprint density at radius 2 is 1.87 bits per heavy atom. The number of aromatic nitrogens is 1. The summed E-state index contributed by atoms with van der Waals surface area (Å²) in [6.07, 6.45) is -15.7. The van der Waals surface area contributed by atoms with Crippen molar-refractivity contribution < 1.29 is 40.4 Å². The van der Waals surface area contributed by atoms with Crippen LogP contribution in [0.5, 0.6) is 0 Å². The van der Waals surface area contributed by atoms with Crippen molar-refractivity contribution >= 4 is 5.97 Å². The first kappa shape index (κ1) is 22.1. The lowest BCUT2D eigenvalue weighted by Gasteiger charge is -2.35. The molecular formula is C18H17F6N3O3. The summed E-state index contributed by atoms with van der Waals surface area (Å²) >= 11 is 0. The molecule has 0 amide bonds. The quantitative estimate of drug-likeness (QED) is 0.573. The van der Waals surface area contributed by atoms with Gasteiger partial charge in [-0.2, -0.15) is 26.3 Å². The Labute approximate surface area is 166 Å². The number of carbonyl (C=O) groups is 1. The highest BCUT2D eigenvalue weighted by atomic mass is 19.4. The predicted molar refractivity (Wildman–Crippen MR) is 91.0 cm³/mol. The number of nitrogens with one attached hydrogen (secondary N) is 1. The lowest BCUT2D eigenvalue weighted by molar-refractivity contribution is -0.314. The van der Waals surface area contributed by atoms with Crippen molar-refractivity contribution in [2.24, 2.45) is 0 Å². The van der Waals surface area contributed by atoms with Gasteiger partial charge in [0, 0.05) is 37.8 Å². The number of piperazine rings is 1. The highest BCUT2D eigenvalue weighted by molar-refractivity contribution is 5.76. The van der Waals surface area contributed by atoms with Gasteiger partial charge in [-0.05, 0) is 0 Å². The Balaban J connectivity index is 1.72. The number of ether oxygens (including phenoxy) is 1. The van der Waals surface area contributed by atoms with Crippen LogP contribution in [0.2, 0.25) is 0 Å². The van der Waals surface area contributed by atoms with Crippen LogP contribution in [0, 0.1) is 0 Å². The van der Waals surface area contributed by atoms with Crippen molar-refractivity contribution in [1.29, 1.82) is 0 Å². The van der Waals surface area contributed by atoms with E-state index in [9.17, 15) is 31.1 Å². The minimum atomic E-state index is -5.77. The van der Waals surface area contributed by atoms with E-state index in [1.807, 2.05) is 6.07 Å². The molecule has 2 heterocycles. The molecule has 0 radical (unpaired) electrons. The van der Waals surface area contributed by atoms with E-state index in [0.717, 1.165) is 5.56 Å². The first-order valence-electron chi connectivity index (χ1n) is 8.85. The SMILES string of the molecule is O=C(OC(C(F)(F)F)C(F)(F)F)C1CNCCN1Cc1cc(-c2ccccc2)on1. The summed E-state index contributed by atoms with van der Waals surface area (Å²) in [5.74, 6) is -1.18. The van der Waals surface area contributed by atoms with E-state index in [0.29, 0.717) is 18.0 Å². The number of benzene rings is 1. The van der Waals surface area contributed by atoms with Gasteiger partial charge in [-0.3, -0.25) is 9.69 Å². The molecule has 0 bridgehead atoms. The van der Waals surface area contributed by atoms with Crippen LogP contribution in [-0.4, -0.2) is 60.2 Å². The minimum Gasteiger partial charge on any atom is -0.442 e. The molecule has 1 aromatic carbocycles. The predicted octanol–water partition coefficient (Wildman–Crippen LogP) is 3.15. The first-order valence-corrected chi connectivity index (χ1v) is 8.85. The Morgan fingerprint density at radius 3 is 2.50 bits per heavy atom. The highest BCUT2D eigenvalue weighted by Crippen LogP contribution is 2.36. The fraction of sp³-hybridized carbons (Fsp3) is 0.444. The molecule has 3 rings (SSSR count). The molecule has 30 heavy (non-hydrogen) atoms. The average molecular weight is 437 g/mol. The maximum Gasteiger partial charge on any atom is 0.434 e. The van der Waals surface area contributed by atoms with Crippen molar-refractivity contribution in [1.82, 2.24) is 15.4 Å². The molecule has 1 atom stereocenters. The fourth-order valence-electron chi connectivity index (χ4n) is 3.01. The number of alkyl halides is 6. The summed E-state index contributed by atoms with van der Waals surface area (Å²) in [6.45, 7) is 0.399. The molecule has 1 fully saturated rings. The van der Waals surface area contributed by atoms with Crippen LogP contribution in [0.25, 0.3) is 11.3 Å². The fourth-order valence-corrected chi connectivity index (χ4v) is 3.01.